The van der Waals surface area contributed by atoms with Crippen LogP contribution in [0.2, 0.25) is 5.02 Å². The van der Waals surface area contributed by atoms with Crippen LogP contribution in [0.4, 0.5) is 15.8 Å². The van der Waals surface area contributed by atoms with Crippen molar-refractivity contribution < 1.29 is 22.4 Å². The summed E-state index contributed by atoms with van der Waals surface area (Å²) in [6, 6.07) is 18.3. The van der Waals surface area contributed by atoms with E-state index in [-0.39, 0.29) is 17.8 Å². The van der Waals surface area contributed by atoms with Gasteiger partial charge in [-0.05, 0) is 42.0 Å². The van der Waals surface area contributed by atoms with Gasteiger partial charge in [0.15, 0.2) is 9.84 Å². The molecule has 5 rings (SSSR count). The molecule has 0 unspecified atom stereocenters. The zero-order valence-corrected chi connectivity index (χ0v) is 18.1. The fraction of sp³-hybridized carbons (Fsp3) is 0.130. The van der Waals surface area contributed by atoms with Crippen molar-refractivity contribution in [3.05, 3.63) is 94.8 Å². The zero-order chi connectivity index (χ0) is 22.7. The number of fused-ring (bicyclic) bond motifs is 2. The first-order chi connectivity index (χ1) is 15.3. The number of benzene rings is 3. The summed E-state index contributed by atoms with van der Waals surface area (Å²) >= 11 is 6.08. The van der Waals surface area contributed by atoms with Gasteiger partial charge in [0.05, 0.1) is 12.2 Å². The van der Waals surface area contributed by atoms with Crippen molar-refractivity contribution in [1.29, 1.82) is 0 Å². The normalized spacial score (nSPS) is 21.4. The molecule has 0 radical (unpaired) electrons. The molecule has 1 saturated heterocycles. The molecule has 32 heavy (non-hydrogen) atoms. The topological polar surface area (TPSA) is 74.8 Å². The van der Waals surface area contributed by atoms with Crippen LogP contribution in [-0.2, 0) is 30.8 Å². The average Bonchev–Trinajstić information content (AvgIpc) is 3.11. The molecule has 162 valence electrons. The lowest BCUT2D eigenvalue weighted by Crippen LogP contribution is -2.54. The largest absolute Gasteiger partial charge is 0.304 e. The molecule has 9 heteroatoms. The fourth-order valence-electron chi connectivity index (χ4n) is 4.48. The van der Waals surface area contributed by atoms with Gasteiger partial charge in [-0.1, -0.05) is 48.0 Å². The third-order valence-corrected chi connectivity index (χ3v) is 8.06. The second-order valence-corrected chi connectivity index (χ2v) is 10.2. The van der Waals surface area contributed by atoms with Crippen LogP contribution in [0.3, 0.4) is 0 Å². The molecule has 2 aliphatic heterocycles. The molecule has 0 N–H and O–H groups in total. The molecule has 6 nitrogen and oxygen atoms in total. The molecule has 0 aliphatic carbocycles. The van der Waals surface area contributed by atoms with E-state index in [4.69, 9.17) is 11.6 Å². The molecule has 2 amide bonds. The zero-order valence-electron chi connectivity index (χ0n) is 16.5. The van der Waals surface area contributed by atoms with E-state index in [1.54, 1.807) is 42.5 Å². The number of hydrogen-bond acceptors (Lipinski definition) is 4. The van der Waals surface area contributed by atoms with Gasteiger partial charge in [-0.25, -0.2) is 12.8 Å². The smallest absolute Gasteiger partial charge is 0.274 e. The number of anilines is 2. The molecule has 0 saturated carbocycles. The summed E-state index contributed by atoms with van der Waals surface area (Å²) < 4.78 is 40.9. The number of amides is 2. The molecule has 0 aromatic heterocycles. The molecule has 1 fully saturated rings. The maximum atomic E-state index is 14.0. The van der Waals surface area contributed by atoms with E-state index >= 15 is 0 Å². The minimum Gasteiger partial charge on any atom is -0.304 e. The number of nitrogens with zero attached hydrogens (tertiary/aromatic N) is 2. The third kappa shape index (κ3) is 2.79. The summed E-state index contributed by atoms with van der Waals surface area (Å²) in [6.45, 7) is 0.0544. The first-order valence-electron chi connectivity index (χ1n) is 9.72. The number of sulfone groups is 1. The maximum absolute atomic E-state index is 14.0. The van der Waals surface area contributed by atoms with Gasteiger partial charge in [0.25, 0.3) is 10.8 Å². The molecule has 1 atom stereocenters. The van der Waals surface area contributed by atoms with Crippen molar-refractivity contribution in [3.8, 4) is 0 Å². The van der Waals surface area contributed by atoms with Crippen LogP contribution < -0.4 is 9.80 Å². The fourth-order valence-corrected chi connectivity index (χ4v) is 6.73. The van der Waals surface area contributed by atoms with Crippen molar-refractivity contribution in [3.63, 3.8) is 0 Å². The minimum atomic E-state index is -4.30. The van der Waals surface area contributed by atoms with E-state index in [9.17, 15) is 22.4 Å². The quantitative estimate of drug-likeness (QED) is 0.585. The van der Waals surface area contributed by atoms with Gasteiger partial charge < -0.3 is 4.90 Å². The highest BCUT2D eigenvalue weighted by molar-refractivity contribution is 7.94. The van der Waals surface area contributed by atoms with Crippen molar-refractivity contribution in [2.24, 2.45) is 0 Å². The van der Waals surface area contributed by atoms with Crippen molar-refractivity contribution in [2.45, 2.75) is 11.4 Å². The van der Waals surface area contributed by atoms with Gasteiger partial charge in [0.2, 0.25) is 5.91 Å². The van der Waals surface area contributed by atoms with Crippen LogP contribution in [0.1, 0.15) is 11.1 Å². The van der Waals surface area contributed by atoms with Crippen LogP contribution in [0.5, 0.6) is 0 Å². The van der Waals surface area contributed by atoms with Gasteiger partial charge >= 0.3 is 0 Å². The summed E-state index contributed by atoms with van der Waals surface area (Å²) in [5.41, 5.74) is 1.24. The monoisotopic (exact) mass is 470 g/mol. The number of hydrogen-bond donors (Lipinski definition) is 0. The summed E-state index contributed by atoms with van der Waals surface area (Å²) in [6.07, 6.45) is 0. The van der Waals surface area contributed by atoms with Crippen LogP contribution in [0, 0.1) is 5.82 Å². The maximum Gasteiger partial charge on any atom is 0.274 e. The Balaban J connectivity index is 1.74. The number of halogens is 2. The van der Waals surface area contributed by atoms with Gasteiger partial charge in [-0.2, -0.15) is 0 Å². The Kier molecular flexibility index (Phi) is 4.61. The SMILES string of the molecule is O=C1CS(=O)(=O)[C@]2(C(=O)N(Cc3cccc(Cl)c3)c3ccccc32)N1c1cccc(F)c1. The molecule has 1 spiro atoms. The lowest BCUT2D eigenvalue weighted by Gasteiger charge is -2.32. The standard InChI is InChI=1S/C23H16ClFN2O4S/c24-16-6-3-5-15(11-16)13-26-20-10-2-1-9-19(20)23(22(26)29)27(21(28)14-32(23,30)31)18-8-4-7-17(25)12-18/h1-12H,13-14H2/t23-/m1/s1. The third-order valence-electron chi connectivity index (χ3n) is 5.72. The van der Waals surface area contributed by atoms with Crippen molar-refractivity contribution in [2.75, 3.05) is 15.6 Å². The minimum absolute atomic E-state index is 0.00355. The Morgan fingerprint density at radius 3 is 2.47 bits per heavy atom. The highest BCUT2D eigenvalue weighted by atomic mass is 35.5. The van der Waals surface area contributed by atoms with Crippen LogP contribution >= 0.6 is 11.6 Å². The first-order valence-corrected chi connectivity index (χ1v) is 11.8. The summed E-state index contributed by atoms with van der Waals surface area (Å²) in [4.78, 5) is 26.9. The lowest BCUT2D eigenvalue weighted by atomic mass is 10.0. The summed E-state index contributed by atoms with van der Waals surface area (Å²) in [7, 11) is -4.30. The second kappa shape index (κ2) is 7.15. The molecular formula is C23H16ClFN2O4S. The Morgan fingerprint density at radius 1 is 0.969 bits per heavy atom. The average molecular weight is 471 g/mol. The Bertz CT molecular complexity index is 1390. The first kappa shape index (κ1) is 20.7. The number of rotatable bonds is 3. The lowest BCUT2D eigenvalue weighted by molar-refractivity contribution is -0.123. The van der Waals surface area contributed by atoms with Gasteiger partial charge in [-0.15, -0.1) is 0 Å². The van der Waals surface area contributed by atoms with E-state index in [0.717, 1.165) is 11.0 Å². The van der Waals surface area contributed by atoms with E-state index < -0.39 is 38.1 Å². The van der Waals surface area contributed by atoms with Crippen LogP contribution in [0.25, 0.3) is 0 Å². The van der Waals surface area contributed by atoms with E-state index in [1.165, 1.54) is 29.2 Å². The summed E-state index contributed by atoms with van der Waals surface area (Å²) in [5.74, 6) is -3.07. The Labute approximate surface area is 188 Å². The molecule has 3 aromatic carbocycles. The summed E-state index contributed by atoms with van der Waals surface area (Å²) in [5, 5.41) is 0.474. The number of carbonyl (C=O) groups excluding carboxylic acids is 2. The van der Waals surface area contributed by atoms with Gasteiger partial charge in [0.1, 0.15) is 11.6 Å². The number of para-hydroxylation sites is 1. The highest BCUT2D eigenvalue weighted by Crippen LogP contribution is 2.52. The molecule has 2 heterocycles. The molecular weight excluding hydrogens is 455 g/mol. The highest BCUT2D eigenvalue weighted by Gasteiger charge is 2.69. The van der Waals surface area contributed by atoms with Crippen LogP contribution in [0.15, 0.2) is 72.8 Å². The molecule has 3 aromatic rings. The second-order valence-electron chi connectivity index (χ2n) is 7.65. The molecule has 2 aliphatic rings. The van der Waals surface area contributed by atoms with Crippen molar-refractivity contribution in [1.82, 2.24) is 0 Å². The Hall–Kier alpha value is -3.23. The van der Waals surface area contributed by atoms with E-state index in [1.807, 2.05) is 0 Å². The van der Waals surface area contributed by atoms with E-state index in [2.05, 4.69) is 0 Å². The van der Waals surface area contributed by atoms with E-state index in [0.29, 0.717) is 16.3 Å². The van der Waals surface area contributed by atoms with Gasteiger partial charge in [0, 0.05) is 16.3 Å². The molecule has 0 bridgehead atoms. The Morgan fingerprint density at radius 2 is 1.72 bits per heavy atom. The van der Waals surface area contributed by atoms with Crippen molar-refractivity contribution >= 4 is 44.6 Å². The predicted octanol–water partition coefficient (Wildman–Crippen LogP) is 3.64. The number of carbonyl (C=O) groups is 2. The predicted molar refractivity (Wildman–Crippen MR) is 118 cm³/mol. The van der Waals surface area contributed by atoms with Crippen LogP contribution in [-0.4, -0.2) is 26.0 Å². The van der Waals surface area contributed by atoms with Gasteiger partial charge in [-0.3, -0.25) is 14.5 Å².